The van der Waals surface area contributed by atoms with E-state index in [1.165, 1.54) is 4.31 Å². The summed E-state index contributed by atoms with van der Waals surface area (Å²) in [6.45, 7) is 3.90. The standard InChI is InChI=1S/C23H25ClN2O3S/c1-4-21(26(30(3,28)29)22-14-20(24)12-9-16(22)2)23(27)25-15-17-10-11-18-7-5-6-8-19(18)13-17/h5-14,21H,4,15H2,1-3H3,(H,25,27)/t21-/m1/s1. The summed E-state index contributed by atoms with van der Waals surface area (Å²) in [5, 5.41) is 5.52. The van der Waals surface area contributed by atoms with E-state index in [2.05, 4.69) is 5.32 Å². The van der Waals surface area contributed by atoms with Crippen LogP contribution in [0.3, 0.4) is 0 Å². The Kier molecular flexibility index (Phi) is 6.68. The number of nitrogens with one attached hydrogen (secondary N) is 1. The predicted octanol–water partition coefficient (Wildman–Crippen LogP) is 4.66. The largest absolute Gasteiger partial charge is 0.350 e. The van der Waals surface area contributed by atoms with Crippen molar-refractivity contribution in [3.05, 3.63) is 76.8 Å². The minimum atomic E-state index is -3.71. The normalized spacial score (nSPS) is 12.5. The first-order valence-corrected chi connectivity index (χ1v) is 11.9. The molecule has 0 spiro atoms. The maximum absolute atomic E-state index is 13.0. The van der Waals surface area contributed by atoms with Crippen LogP contribution < -0.4 is 9.62 Å². The maximum Gasteiger partial charge on any atom is 0.244 e. The molecule has 0 fully saturated rings. The molecule has 0 aliphatic rings. The number of hydrogen-bond acceptors (Lipinski definition) is 3. The molecule has 3 aromatic rings. The van der Waals surface area contributed by atoms with Gasteiger partial charge in [0.25, 0.3) is 0 Å². The van der Waals surface area contributed by atoms with Crippen LogP contribution in [0.2, 0.25) is 5.02 Å². The number of anilines is 1. The summed E-state index contributed by atoms with van der Waals surface area (Å²) in [7, 11) is -3.71. The van der Waals surface area contributed by atoms with Gasteiger partial charge in [0, 0.05) is 11.6 Å². The Morgan fingerprint density at radius 1 is 1.07 bits per heavy atom. The molecule has 0 radical (unpaired) electrons. The molecular weight excluding hydrogens is 420 g/mol. The van der Waals surface area contributed by atoms with Crippen molar-refractivity contribution in [3.63, 3.8) is 0 Å². The van der Waals surface area contributed by atoms with Gasteiger partial charge < -0.3 is 5.32 Å². The Morgan fingerprint density at radius 3 is 2.43 bits per heavy atom. The van der Waals surface area contributed by atoms with Crippen molar-refractivity contribution in [2.75, 3.05) is 10.6 Å². The van der Waals surface area contributed by atoms with Gasteiger partial charge in [0.2, 0.25) is 15.9 Å². The average Bonchev–Trinajstić information content (AvgIpc) is 2.71. The minimum absolute atomic E-state index is 0.312. The predicted molar refractivity (Wildman–Crippen MR) is 123 cm³/mol. The zero-order valence-corrected chi connectivity index (χ0v) is 18.8. The molecule has 0 aliphatic carbocycles. The van der Waals surface area contributed by atoms with Crippen molar-refractivity contribution in [1.82, 2.24) is 5.32 Å². The van der Waals surface area contributed by atoms with Crippen LogP contribution in [-0.2, 0) is 21.4 Å². The second kappa shape index (κ2) is 9.06. The van der Waals surface area contributed by atoms with E-state index in [0.717, 1.165) is 28.2 Å². The van der Waals surface area contributed by atoms with Gasteiger partial charge in [-0.05, 0) is 53.4 Å². The van der Waals surface area contributed by atoms with E-state index >= 15 is 0 Å². The van der Waals surface area contributed by atoms with Gasteiger partial charge >= 0.3 is 0 Å². The summed E-state index contributed by atoms with van der Waals surface area (Å²) >= 11 is 6.11. The van der Waals surface area contributed by atoms with Crippen molar-refractivity contribution in [2.45, 2.75) is 32.9 Å². The number of nitrogens with zero attached hydrogens (tertiary/aromatic N) is 1. The Labute approximate surface area is 182 Å². The number of fused-ring (bicyclic) bond motifs is 1. The molecule has 1 atom stereocenters. The average molecular weight is 445 g/mol. The summed E-state index contributed by atoms with van der Waals surface area (Å²) in [4.78, 5) is 13.0. The molecule has 3 rings (SSSR count). The number of carbonyl (C=O) groups excluding carboxylic acids is 1. The Balaban J connectivity index is 1.85. The smallest absolute Gasteiger partial charge is 0.244 e. The zero-order valence-electron chi connectivity index (χ0n) is 17.2. The van der Waals surface area contributed by atoms with E-state index in [0.29, 0.717) is 23.7 Å². The van der Waals surface area contributed by atoms with Gasteiger partial charge in [-0.25, -0.2) is 8.42 Å². The second-order valence-electron chi connectivity index (χ2n) is 7.31. The van der Waals surface area contributed by atoms with Crippen molar-refractivity contribution in [2.24, 2.45) is 0 Å². The number of halogens is 1. The summed E-state index contributed by atoms with van der Waals surface area (Å²) in [6.07, 6.45) is 1.43. The summed E-state index contributed by atoms with van der Waals surface area (Å²) in [5.74, 6) is -0.351. The Morgan fingerprint density at radius 2 is 1.77 bits per heavy atom. The van der Waals surface area contributed by atoms with Crippen LogP contribution in [-0.4, -0.2) is 26.6 Å². The van der Waals surface area contributed by atoms with Crippen molar-refractivity contribution in [3.8, 4) is 0 Å². The molecule has 1 amide bonds. The minimum Gasteiger partial charge on any atom is -0.350 e. The number of benzene rings is 3. The Hall–Kier alpha value is -2.57. The maximum atomic E-state index is 13.0. The van der Waals surface area contributed by atoms with Crippen LogP contribution in [0.1, 0.15) is 24.5 Å². The first-order valence-electron chi connectivity index (χ1n) is 9.71. The van der Waals surface area contributed by atoms with E-state index in [-0.39, 0.29) is 5.91 Å². The van der Waals surface area contributed by atoms with Crippen molar-refractivity contribution >= 4 is 44.0 Å². The van der Waals surface area contributed by atoms with Gasteiger partial charge in [-0.15, -0.1) is 0 Å². The summed E-state index contributed by atoms with van der Waals surface area (Å²) in [6, 6.07) is 18.1. The molecule has 0 aliphatic heterocycles. The highest BCUT2D eigenvalue weighted by molar-refractivity contribution is 7.92. The molecule has 158 valence electrons. The quantitative estimate of drug-likeness (QED) is 0.576. The van der Waals surface area contributed by atoms with E-state index < -0.39 is 16.1 Å². The van der Waals surface area contributed by atoms with Gasteiger partial charge in [0.05, 0.1) is 11.9 Å². The lowest BCUT2D eigenvalue weighted by Crippen LogP contribution is -2.49. The van der Waals surface area contributed by atoms with Crippen LogP contribution in [0.5, 0.6) is 0 Å². The van der Waals surface area contributed by atoms with E-state index in [1.807, 2.05) is 42.5 Å². The third-order valence-corrected chi connectivity index (χ3v) is 6.42. The number of rotatable bonds is 7. The fourth-order valence-electron chi connectivity index (χ4n) is 3.51. The monoisotopic (exact) mass is 444 g/mol. The van der Waals surface area contributed by atoms with Crippen LogP contribution >= 0.6 is 11.6 Å². The lowest BCUT2D eigenvalue weighted by Gasteiger charge is -2.31. The zero-order chi connectivity index (χ0) is 21.9. The number of hydrogen-bond donors (Lipinski definition) is 1. The van der Waals surface area contributed by atoms with Crippen LogP contribution in [0.25, 0.3) is 10.8 Å². The van der Waals surface area contributed by atoms with Gasteiger partial charge in [-0.3, -0.25) is 9.10 Å². The topological polar surface area (TPSA) is 66.5 Å². The number of carbonyl (C=O) groups is 1. The number of amides is 1. The van der Waals surface area contributed by atoms with Gasteiger partial charge in [0.1, 0.15) is 6.04 Å². The first-order chi connectivity index (χ1) is 14.2. The second-order valence-corrected chi connectivity index (χ2v) is 9.61. The highest BCUT2D eigenvalue weighted by atomic mass is 35.5. The van der Waals surface area contributed by atoms with Crippen molar-refractivity contribution in [1.29, 1.82) is 0 Å². The van der Waals surface area contributed by atoms with Gasteiger partial charge in [-0.1, -0.05) is 61.0 Å². The van der Waals surface area contributed by atoms with Crippen molar-refractivity contribution < 1.29 is 13.2 Å². The molecule has 1 N–H and O–H groups in total. The van der Waals surface area contributed by atoms with E-state index in [9.17, 15) is 13.2 Å². The lowest BCUT2D eigenvalue weighted by molar-refractivity contribution is -0.122. The van der Waals surface area contributed by atoms with Gasteiger partial charge in [-0.2, -0.15) is 0 Å². The van der Waals surface area contributed by atoms with E-state index in [1.54, 1.807) is 32.0 Å². The molecule has 0 unspecified atom stereocenters. The van der Waals surface area contributed by atoms with E-state index in [4.69, 9.17) is 11.6 Å². The molecule has 5 nitrogen and oxygen atoms in total. The molecule has 0 saturated carbocycles. The van der Waals surface area contributed by atoms with Gasteiger partial charge in [0.15, 0.2) is 0 Å². The summed E-state index contributed by atoms with van der Waals surface area (Å²) < 4.78 is 26.4. The third-order valence-electron chi connectivity index (χ3n) is 5.02. The first kappa shape index (κ1) is 22.1. The highest BCUT2D eigenvalue weighted by Crippen LogP contribution is 2.29. The molecule has 7 heteroatoms. The third kappa shape index (κ3) is 4.94. The molecule has 0 bridgehead atoms. The van der Waals surface area contributed by atoms with Crippen LogP contribution in [0, 0.1) is 6.92 Å². The Bertz CT molecular complexity index is 1180. The molecule has 0 heterocycles. The lowest BCUT2D eigenvalue weighted by atomic mass is 10.1. The molecule has 0 aromatic heterocycles. The summed E-state index contributed by atoms with van der Waals surface area (Å²) in [5.41, 5.74) is 2.09. The number of sulfonamides is 1. The molecule has 3 aromatic carbocycles. The van der Waals surface area contributed by atoms with Crippen LogP contribution in [0.15, 0.2) is 60.7 Å². The number of aryl methyl sites for hydroxylation is 1. The highest BCUT2D eigenvalue weighted by Gasteiger charge is 2.32. The fraction of sp³-hybridized carbons (Fsp3) is 0.261. The molecule has 0 saturated heterocycles. The SMILES string of the molecule is CC[C@H](C(=O)NCc1ccc2ccccc2c1)N(c1cc(Cl)ccc1C)S(C)(=O)=O. The fourth-order valence-corrected chi connectivity index (χ4v) is 4.94. The molecular formula is C23H25ClN2O3S. The van der Waals surface area contributed by atoms with Crippen LogP contribution in [0.4, 0.5) is 5.69 Å². The molecule has 30 heavy (non-hydrogen) atoms.